The summed E-state index contributed by atoms with van der Waals surface area (Å²) in [4.78, 5) is 8.55. The molecule has 2 heterocycles. The van der Waals surface area contributed by atoms with Crippen LogP contribution < -0.4 is 9.64 Å². The van der Waals surface area contributed by atoms with E-state index in [1.54, 1.807) is 6.07 Å². The number of alkyl halides is 2. The van der Waals surface area contributed by atoms with Crippen LogP contribution in [0, 0.1) is 0 Å². The normalized spacial score (nSPS) is 18.6. The lowest BCUT2D eigenvalue weighted by atomic mass is 10.3. The molecule has 0 radical (unpaired) electrons. The molecular formula is C14H21F2N3O2. The number of nitrogens with zero attached hydrogens (tertiary/aromatic N) is 3. The quantitative estimate of drug-likeness (QED) is 0.895. The average Bonchev–Trinajstić information content (AvgIpc) is 2.72. The molecule has 2 rings (SSSR count). The van der Waals surface area contributed by atoms with Crippen molar-refractivity contribution in [3.63, 3.8) is 0 Å². The third-order valence-electron chi connectivity index (χ3n) is 3.69. The molecule has 0 aliphatic carbocycles. The maximum atomic E-state index is 12.1. The van der Waals surface area contributed by atoms with Gasteiger partial charge in [-0.2, -0.15) is 8.78 Å². The number of aromatic nitrogens is 1. The Morgan fingerprint density at radius 3 is 2.71 bits per heavy atom. The second-order valence-corrected chi connectivity index (χ2v) is 5.14. The van der Waals surface area contributed by atoms with Crippen LogP contribution in [0.3, 0.4) is 0 Å². The van der Waals surface area contributed by atoms with Crippen LogP contribution in [0.15, 0.2) is 18.3 Å². The molecule has 21 heavy (non-hydrogen) atoms. The van der Waals surface area contributed by atoms with Gasteiger partial charge in [-0.15, -0.1) is 0 Å². The second-order valence-electron chi connectivity index (χ2n) is 5.14. The number of hydrogen-bond acceptors (Lipinski definition) is 5. The number of halogens is 2. The first-order valence-corrected chi connectivity index (χ1v) is 7.11. The Labute approximate surface area is 123 Å². The molecule has 118 valence electrons. The minimum absolute atomic E-state index is 0.0686. The Morgan fingerprint density at radius 2 is 2.10 bits per heavy atom. The molecule has 0 bridgehead atoms. The topological polar surface area (TPSA) is 48.8 Å². The van der Waals surface area contributed by atoms with Crippen molar-refractivity contribution in [3.05, 3.63) is 18.3 Å². The van der Waals surface area contributed by atoms with Crippen molar-refractivity contribution in [2.45, 2.75) is 26.0 Å². The van der Waals surface area contributed by atoms with Gasteiger partial charge >= 0.3 is 6.61 Å². The Hall–Kier alpha value is -1.47. The molecular weight excluding hydrogens is 280 g/mol. The lowest BCUT2D eigenvalue weighted by Crippen LogP contribution is -2.38. The average molecular weight is 301 g/mol. The highest BCUT2D eigenvalue weighted by Crippen LogP contribution is 2.19. The second kappa shape index (κ2) is 7.51. The highest BCUT2D eigenvalue weighted by molar-refractivity contribution is 5.41. The van der Waals surface area contributed by atoms with E-state index in [2.05, 4.69) is 19.5 Å². The molecule has 1 unspecified atom stereocenters. The van der Waals surface area contributed by atoms with Gasteiger partial charge in [-0.05, 0) is 25.5 Å². The minimum atomic E-state index is -2.83. The Morgan fingerprint density at radius 1 is 1.29 bits per heavy atom. The van der Waals surface area contributed by atoms with E-state index in [9.17, 15) is 13.9 Å². The SMILES string of the molecule is CC(CO)N1CCCN(c2ccc(OC(F)F)cn2)CC1. The van der Waals surface area contributed by atoms with E-state index in [0.29, 0.717) is 0 Å². The molecule has 0 saturated carbocycles. The molecule has 0 spiro atoms. The fraction of sp³-hybridized carbons (Fsp3) is 0.643. The molecule has 1 atom stereocenters. The fourth-order valence-corrected chi connectivity index (χ4v) is 2.45. The smallest absolute Gasteiger partial charge is 0.387 e. The summed E-state index contributed by atoms with van der Waals surface area (Å²) in [5, 5.41) is 9.22. The number of anilines is 1. The summed E-state index contributed by atoms with van der Waals surface area (Å²) in [7, 11) is 0. The summed E-state index contributed by atoms with van der Waals surface area (Å²) < 4.78 is 28.5. The summed E-state index contributed by atoms with van der Waals surface area (Å²) in [6.45, 7) is 2.76. The Kier molecular flexibility index (Phi) is 5.69. The Balaban J connectivity index is 1.95. The standard InChI is InChI=1S/C14H21F2N3O2/c1-11(10-20)18-5-2-6-19(8-7-18)13-4-3-12(9-17-13)21-14(15)16/h3-4,9,11,14,20H,2,5-8,10H2,1H3. The van der Waals surface area contributed by atoms with Gasteiger partial charge in [0, 0.05) is 32.2 Å². The van der Waals surface area contributed by atoms with Gasteiger partial charge in [0.05, 0.1) is 12.8 Å². The predicted molar refractivity (Wildman–Crippen MR) is 75.8 cm³/mol. The maximum absolute atomic E-state index is 12.1. The van der Waals surface area contributed by atoms with Crippen molar-refractivity contribution in [1.82, 2.24) is 9.88 Å². The summed E-state index contributed by atoms with van der Waals surface area (Å²) in [5.74, 6) is 0.828. The van der Waals surface area contributed by atoms with Gasteiger partial charge in [0.1, 0.15) is 11.6 Å². The minimum Gasteiger partial charge on any atom is -0.433 e. The highest BCUT2D eigenvalue weighted by atomic mass is 19.3. The number of ether oxygens (including phenoxy) is 1. The molecule has 1 aliphatic heterocycles. The van der Waals surface area contributed by atoms with Crippen LogP contribution in [0.2, 0.25) is 0 Å². The zero-order valence-corrected chi connectivity index (χ0v) is 12.1. The van der Waals surface area contributed by atoms with E-state index in [0.717, 1.165) is 38.4 Å². The fourth-order valence-electron chi connectivity index (χ4n) is 2.45. The van der Waals surface area contributed by atoms with Gasteiger partial charge in [-0.3, -0.25) is 4.90 Å². The van der Waals surface area contributed by atoms with Gasteiger partial charge in [-0.1, -0.05) is 0 Å². The van der Waals surface area contributed by atoms with Crippen molar-refractivity contribution < 1.29 is 18.6 Å². The molecule has 0 aromatic carbocycles. The third-order valence-corrected chi connectivity index (χ3v) is 3.69. The van der Waals surface area contributed by atoms with Crippen molar-refractivity contribution >= 4 is 5.82 Å². The molecule has 0 amide bonds. The van der Waals surface area contributed by atoms with Crippen molar-refractivity contribution in [1.29, 1.82) is 0 Å². The van der Waals surface area contributed by atoms with Gasteiger partial charge in [-0.25, -0.2) is 4.98 Å². The van der Waals surface area contributed by atoms with Gasteiger partial charge in [0.15, 0.2) is 0 Å². The summed E-state index contributed by atoms with van der Waals surface area (Å²) in [6, 6.07) is 3.36. The van der Waals surface area contributed by atoms with Crippen LogP contribution in [0.4, 0.5) is 14.6 Å². The van der Waals surface area contributed by atoms with Gasteiger partial charge < -0.3 is 14.7 Å². The van der Waals surface area contributed by atoms with E-state index in [1.165, 1.54) is 12.3 Å². The van der Waals surface area contributed by atoms with Crippen LogP contribution in [0.25, 0.3) is 0 Å². The molecule has 1 aliphatic rings. The van der Waals surface area contributed by atoms with E-state index in [-0.39, 0.29) is 18.4 Å². The number of rotatable bonds is 5. The maximum Gasteiger partial charge on any atom is 0.387 e. The lowest BCUT2D eigenvalue weighted by Gasteiger charge is -2.26. The van der Waals surface area contributed by atoms with E-state index in [4.69, 9.17) is 0 Å². The zero-order chi connectivity index (χ0) is 15.2. The van der Waals surface area contributed by atoms with Crippen LogP contribution >= 0.6 is 0 Å². The predicted octanol–water partition coefficient (Wildman–Crippen LogP) is 1.58. The first-order valence-electron chi connectivity index (χ1n) is 7.11. The third kappa shape index (κ3) is 4.50. The molecule has 1 fully saturated rings. The zero-order valence-electron chi connectivity index (χ0n) is 12.1. The highest BCUT2D eigenvalue weighted by Gasteiger charge is 2.19. The molecule has 1 N–H and O–H groups in total. The molecule has 1 saturated heterocycles. The molecule has 7 heteroatoms. The number of pyridine rings is 1. The van der Waals surface area contributed by atoms with Gasteiger partial charge in [0.25, 0.3) is 0 Å². The summed E-state index contributed by atoms with van der Waals surface area (Å²) in [5.41, 5.74) is 0. The van der Waals surface area contributed by atoms with Gasteiger partial charge in [0.2, 0.25) is 0 Å². The van der Waals surface area contributed by atoms with E-state index >= 15 is 0 Å². The van der Waals surface area contributed by atoms with Crippen LogP contribution in [-0.4, -0.2) is 60.4 Å². The number of aliphatic hydroxyl groups excluding tert-OH is 1. The number of aliphatic hydroxyl groups is 1. The van der Waals surface area contributed by atoms with Crippen LogP contribution in [0.1, 0.15) is 13.3 Å². The van der Waals surface area contributed by atoms with Crippen molar-refractivity contribution in [3.8, 4) is 5.75 Å². The van der Waals surface area contributed by atoms with Crippen molar-refractivity contribution in [2.75, 3.05) is 37.7 Å². The first kappa shape index (κ1) is 15.9. The lowest BCUT2D eigenvalue weighted by molar-refractivity contribution is -0.0500. The molecule has 1 aromatic rings. The largest absolute Gasteiger partial charge is 0.433 e. The summed E-state index contributed by atoms with van der Waals surface area (Å²) >= 11 is 0. The summed E-state index contributed by atoms with van der Waals surface area (Å²) in [6.07, 6.45) is 2.29. The molecule has 1 aromatic heterocycles. The van der Waals surface area contributed by atoms with E-state index in [1.807, 2.05) is 6.92 Å². The van der Waals surface area contributed by atoms with Crippen molar-refractivity contribution in [2.24, 2.45) is 0 Å². The molecule has 5 nitrogen and oxygen atoms in total. The number of hydrogen-bond donors (Lipinski definition) is 1. The van der Waals surface area contributed by atoms with Crippen LogP contribution in [0.5, 0.6) is 5.75 Å². The Bertz CT molecular complexity index is 431. The first-order chi connectivity index (χ1) is 10.1. The van der Waals surface area contributed by atoms with Crippen LogP contribution in [-0.2, 0) is 0 Å². The van der Waals surface area contributed by atoms with E-state index < -0.39 is 6.61 Å². The monoisotopic (exact) mass is 301 g/mol.